The molecule has 176 valence electrons. The zero-order valence-electron chi connectivity index (χ0n) is 18.3. The van der Waals surface area contributed by atoms with Crippen LogP contribution >= 0.6 is 11.3 Å². The van der Waals surface area contributed by atoms with Crippen molar-refractivity contribution >= 4 is 39.6 Å². The topological polar surface area (TPSA) is 151 Å². The average molecular weight is 485 g/mol. The first-order chi connectivity index (χ1) is 16.2. The van der Waals surface area contributed by atoms with Crippen molar-refractivity contribution in [1.29, 1.82) is 0 Å². The number of esters is 1. The SMILES string of the molecule is CCOC(=O)c1c(-c2cc(C)ccc2OC)csc1NC(=O)c1cc([N+](=O)[O-])cc([N+](=O)[O-])c1. The fourth-order valence-electron chi connectivity index (χ4n) is 3.20. The van der Waals surface area contributed by atoms with E-state index in [-0.39, 0.29) is 22.7 Å². The van der Waals surface area contributed by atoms with Crippen LogP contribution in [0.2, 0.25) is 0 Å². The second-order valence-corrected chi connectivity index (χ2v) is 7.86. The zero-order valence-corrected chi connectivity index (χ0v) is 19.1. The van der Waals surface area contributed by atoms with Gasteiger partial charge in [0.25, 0.3) is 17.3 Å². The molecular formula is C22H19N3O8S. The minimum Gasteiger partial charge on any atom is -0.496 e. The van der Waals surface area contributed by atoms with Gasteiger partial charge in [0.05, 0.1) is 35.2 Å². The summed E-state index contributed by atoms with van der Waals surface area (Å²) in [6, 6.07) is 8.01. The zero-order chi connectivity index (χ0) is 25.0. The van der Waals surface area contributed by atoms with Crippen LogP contribution in [0.25, 0.3) is 11.1 Å². The highest BCUT2D eigenvalue weighted by Crippen LogP contribution is 2.41. The number of carbonyl (C=O) groups excluding carboxylic acids is 2. The molecule has 1 heterocycles. The van der Waals surface area contributed by atoms with Crippen molar-refractivity contribution in [3.63, 3.8) is 0 Å². The van der Waals surface area contributed by atoms with Crippen molar-refractivity contribution in [1.82, 2.24) is 0 Å². The Morgan fingerprint density at radius 1 is 1.03 bits per heavy atom. The maximum absolute atomic E-state index is 12.9. The number of thiophene rings is 1. The molecule has 0 fully saturated rings. The molecule has 0 aliphatic heterocycles. The lowest BCUT2D eigenvalue weighted by atomic mass is 10.0. The highest BCUT2D eigenvalue weighted by atomic mass is 32.1. The van der Waals surface area contributed by atoms with E-state index in [2.05, 4.69) is 5.32 Å². The van der Waals surface area contributed by atoms with E-state index >= 15 is 0 Å². The monoisotopic (exact) mass is 485 g/mol. The van der Waals surface area contributed by atoms with Crippen LogP contribution in [0.15, 0.2) is 41.8 Å². The van der Waals surface area contributed by atoms with Crippen molar-refractivity contribution in [2.75, 3.05) is 19.0 Å². The van der Waals surface area contributed by atoms with Crippen molar-refractivity contribution in [3.8, 4) is 16.9 Å². The number of nitro benzene ring substituents is 2. The van der Waals surface area contributed by atoms with Gasteiger partial charge in [-0.1, -0.05) is 11.6 Å². The van der Waals surface area contributed by atoms with Crippen molar-refractivity contribution < 1.29 is 28.9 Å². The molecule has 0 unspecified atom stereocenters. The molecule has 3 aromatic rings. The number of non-ortho nitro benzene ring substituents is 2. The first-order valence-electron chi connectivity index (χ1n) is 9.85. The van der Waals surface area contributed by atoms with Gasteiger partial charge in [-0.15, -0.1) is 11.3 Å². The predicted octanol–water partition coefficient (Wildman–Crippen LogP) is 4.98. The molecule has 2 aromatic carbocycles. The van der Waals surface area contributed by atoms with Gasteiger partial charge in [0.15, 0.2) is 0 Å². The largest absolute Gasteiger partial charge is 0.496 e. The number of benzene rings is 2. The molecule has 12 heteroatoms. The Balaban J connectivity index is 2.09. The molecule has 0 aliphatic rings. The third-order valence-corrected chi connectivity index (χ3v) is 5.62. The number of rotatable bonds is 8. The number of nitro groups is 2. The Morgan fingerprint density at radius 2 is 1.68 bits per heavy atom. The minimum absolute atomic E-state index is 0.0732. The van der Waals surface area contributed by atoms with Crippen LogP contribution in [-0.4, -0.2) is 35.4 Å². The van der Waals surface area contributed by atoms with Crippen LogP contribution in [0.4, 0.5) is 16.4 Å². The lowest BCUT2D eigenvalue weighted by Gasteiger charge is -2.12. The van der Waals surface area contributed by atoms with E-state index in [1.165, 1.54) is 7.11 Å². The van der Waals surface area contributed by atoms with Gasteiger partial charge >= 0.3 is 5.97 Å². The summed E-state index contributed by atoms with van der Waals surface area (Å²) >= 11 is 1.04. The summed E-state index contributed by atoms with van der Waals surface area (Å²) in [4.78, 5) is 46.4. The number of amides is 1. The number of methoxy groups -OCH3 is 1. The molecule has 1 aromatic heterocycles. The molecule has 0 spiro atoms. The van der Waals surface area contributed by atoms with E-state index in [9.17, 15) is 29.8 Å². The standard InChI is InChI=1S/C22H19N3O8S/c1-4-33-22(27)19-17(16-7-12(2)5-6-18(16)32-3)11-34-21(19)23-20(26)13-8-14(24(28)29)10-15(9-13)25(30)31/h5-11H,4H2,1-3H3,(H,23,26). The third-order valence-electron chi connectivity index (χ3n) is 4.73. The predicted molar refractivity (Wildman–Crippen MR) is 125 cm³/mol. The first-order valence-corrected chi connectivity index (χ1v) is 10.7. The Bertz CT molecular complexity index is 1270. The van der Waals surface area contributed by atoms with Gasteiger partial charge in [0, 0.05) is 28.6 Å². The van der Waals surface area contributed by atoms with Crippen LogP contribution < -0.4 is 10.1 Å². The average Bonchev–Trinajstić information content (AvgIpc) is 3.22. The van der Waals surface area contributed by atoms with Gasteiger partial charge in [0.2, 0.25) is 0 Å². The number of ether oxygens (including phenoxy) is 2. The first kappa shape index (κ1) is 24.3. The summed E-state index contributed by atoms with van der Waals surface area (Å²) in [7, 11) is 1.49. The van der Waals surface area contributed by atoms with E-state index in [0.717, 1.165) is 35.1 Å². The number of aryl methyl sites for hydroxylation is 1. The fraction of sp³-hybridized carbons (Fsp3) is 0.182. The summed E-state index contributed by atoms with van der Waals surface area (Å²) < 4.78 is 10.6. The van der Waals surface area contributed by atoms with Crippen molar-refractivity contribution in [2.24, 2.45) is 0 Å². The molecule has 0 aliphatic carbocycles. The van der Waals surface area contributed by atoms with Gasteiger partial charge < -0.3 is 14.8 Å². The fourth-order valence-corrected chi connectivity index (χ4v) is 4.14. The van der Waals surface area contributed by atoms with E-state index in [4.69, 9.17) is 9.47 Å². The van der Waals surface area contributed by atoms with Gasteiger partial charge in [0.1, 0.15) is 16.3 Å². The summed E-state index contributed by atoms with van der Waals surface area (Å²) in [6.45, 7) is 3.60. The summed E-state index contributed by atoms with van der Waals surface area (Å²) in [5.74, 6) is -1.05. The van der Waals surface area contributed by atoms with Crippen LogP contribution in [0, 0.1) is 27.2 Å². The number of carbonyl (C=O) groups is 2. The minimum atomic E-state index is -0.859. The number of anilines is 1. The highest BCUT2D eigenvalue weighted by Gasteiger charge is 2.26. The number of nitrogens with one attached hydrogen (secondary N) is 1. The van der Waals surface area contributed by atoms with Crippen LogP contribution in [0.3, 0.4) is 0 Å². The molecular weight excluding hydrogens is 466 g/mol. The normalized spacial score (nSPS) is 10.4. The van der Waals surface area contributed by atoms with E-state index in [1.807, 2.05) is 19.1 Å². The van der Waals surface area contributed by atoms with Gasteiger partial charge in [-0.25, -0.2) is 4.79 Å². The lowest BCUT2D eigenvalue weighted by molar-refractivity contribution is -0.394. The smallest absolute Gasteiger partial charge is 0.341 e. The Kier molecular flexibility index (Phi) is 7.21. The molecule has 3 rings (SSSR count). The molecule has 34 heavy (non-hydrogen) atoms. The summed E-state index contributed by atoms with van der Waals surface area (Å²) in [5.41, 5.74) is 0.523. The van der Waals surface area contributed by atoms with Gasteiger partial charge in [-0.05, 0) is 26.0 Å². The van der Waals surface area contributed by atoms with Crippen molar-refractivity contribution in [3.05, 3.63) is 78.7 Å². The number of hydrogen-bond donors (Lipinski definition) is 1. The van der Waals surface area contributed by atoms with E-state index < -0.39 is 33.1 Å². The Hall–Kier alpha value is -4.32. The summed E-state index contributed by atoms with van der Waals surface area (Å²) in [6.07, 6.45) is 0. The summed E-state index contributed by atoms with van der Waals surface area (Å²) in [5, 5.41) is 26.6. The molecule has 1 N–H and O–H groups in total. The molecule has 0 saturated carbocycles. The Morgan fingerprint density at radius 3 is 2.24 bits per heavy atom. The van der Waals surface area contributed by atoms with Crippen LogP contribution in [0.5, 0.6) is 5.75 Å². The molecule has 0 radical (unpaired) electrons. The maximum Gasteiger partial charge on any atom is 0.341 e. The van der Waals surface area contributed by atoms with Crippen LogP contribution in [0.1, 0.15) is 33.2 Å². The molecule has 0 bridgehead atoms. The third kappa shape index (κ3) is 5.02. The highest BCUT2D eigenvalue weighted by molar-refractivity contribution is 7.15. The van der Waals surface area contributed by atoms with Crippen LogP contribution in [-0.2, 0) is 4.74 Å². The molecule has 11 nitrogen and oxygen atoms in total. The second kappa shape index (κ2) is 10.1. The van der Waals surface area contributed by atoms with E-state index in [0.29, 0.717) is 16.9 Å². The maximum atomic E-state index is 12.9. The Labute approximate surface area is 197 Å². The van der Waals surface area contributed by atoms with Gasteiger partial charge in [-0.3, -0.25) is 25.0 Å². The molecule has 0 saturated heterocycles. The lowest BCUT2D eigenvalue weighted by Crippen LogP contribution is -2.15. The number of nitrogens with zero attached hydrogens (tertiary/aromatic N) is 2. The quantitative estimate of drug-likeness (QED) is 0.266. The van der Waals surface area contributed by atoms with Crippen molar-refractivity contribution in [2.45, 2.75) is 13.8 Å². The molecule has 0 atom stereocenters. The molecule has 1 amide bonds. The van der Waals surface area contributed by atoms with E-state index in [1.54, 1.807) is 18.4 Å². The number of hydrogen-bond acceptors (Lipinski definition) is 9. The second-order valence-electron chi connectivity index (χ2n) is 6.98. The van der Waals surface area contributed by atoms with Gasteiger partial charge in [-0.2, -0.15) is 0 Å².